The standard InChI is InChI=1S/C22H29ClN4O3/c23-16-4-5-18-17(12-16)20(29)25-22(24-18)14-21(30-15-22)6-10-27(11-7-21)19(28)13-26-8-2-1-3-9-26/h4-5,12,24H,1-3,6-11,13-15H2,(H,25,29). The van der Waals surface area contributed by atoms with Crippen LogP contribution in [-0.2, 0) is 9.53 Å². The van der Waals surface area contributed by atoms with Crippen LogP contribution in [0, 0.1) is 0 Å². The molecule has 1 aromatic carbocycles. The molecule has 0 aromatic heterocycles. The first-order chi connectivity index (χ1) is 14.5. The largest absolute Gasteiger partial charge is 0.370 e. The van der Waals surface area contributed by atoms with Gasteiger partial charge in [0.2, 0.25) is 5.91 Å². The van der Waals surface area contributed by atoms with Gasteiger partial charge in [0, 0.05) is 30.2 Å². The van der Waals surface area contributed by atoms with Crippen LogP contribution in [0.2, 0.25) is 5.02 Å². The number of nitrogens with one attached hydrogen (secondary N) is 2. The van der Waals surface area contributed by atoms with Crippen LogP contribution in [0.5, 0.6) is 0 Å². The molecule has 0 aliphatic carbocycles. The van der Waals surface area contributed by atoms with Gasteiger partial charge in [-0.3, -0.25) is 14.5 Å². The minimum absolute atomic E-state index is 0.124. The predicted octanol–water partition coefficient (Wildman–Crippen LogP) is 2.46. The number of anilines is 1. The molecule has 2 N–H and O–H groups in total. The first-order valence-corrected chi connectivity index (χ1v) is 11.4. The van der Waals surface area contributed by atoms with E-state index in [9.17, 15) is 9.59 Å². The third-order valence-corrected chi connectivity index (χ3v) is 7.27. The lowest BCUT2D eigenvalue weighted by molar-refractivity contribution is -0.137. The third-order valence-electron chi connectivity index (χ3n) is 7.04. The highest BCUT2D eigenvalue weighted by molar-refractivity contribution is 6.31. The number of hydrogen-bond acceptors (Lipinski definition) is 5. The van der Waals surface area contributed by atoms with Crippen molar-refractivity contribution in [3.8, 4) is 0 Å². The highest BCUT2D eigenvalue weighted by atomic mass is 35.5. The van der Waals surface area contributed by atoms with E-state index in [-0.39, 0.29) is 17.4 Å². The highest BCUT2D eigenvalue weighted by Gasteiger charge is 2.53. The van der Waals surface area contributed by atoms with Crippen LogP contribution in [0.3, 0.4) is 0 Å². The number of halogens is 1. The number of fused-ring (bicyclic) bond motifs is 1. The first-order valence-electron chi connectivity index (χ1n) is 11.0. The summed E-state index contributed by atoms with van der Waals surface area (Å²) in [6, 6.07) is 5.33. The Morgan fingerprint density at radius 1 is 1.10 bits per heavy atom. The van der Waals surface area contributed by atoms with E-state index in [4.69, 9.17) is 16.3 Å². The summed E-state index contributed by atoms with van der Waals surface area (Å²) in [5.41, 5.74) is 0.453. The van der Waals surface area contributed by atoms with Gasteiger partial charge in [0.05, 0.1) is 24.3 Å². The molecule has 3 fully saturated rings. The monoisotopic (exact) mass is 432 g/mol. The molecule has 162 valence electrons. The van der Waals surface area contributed by atoms with Crippen LogP contribution < -0.4 is 10.6 Å². The summed E-state index contributed by atoms with van der Waals surface area (Å²) < 4.78 is 6.29. The van der Waals surface area contributed by atoms with Crippen molar-refractivity contribution in [2.45, 2.75) is 49.8 Å². The van der Waals surface area contributed by atoms with Crippen molar-refractivity contribution in [1.29, 1.82) is 0 Å². The number of amides is 2. The molecule has 30 heavy (non-hydrogen) atoms. The average Bonchev–Trinajstić information content (AvgIpc) is 3.07. The van der Waals surface area contributed by atoms with E-state index in [0.717, 1.165) is 31.6 Å². The second-order valence-corrected chi connectivity index (χ2v) is 9.65. The van der Waals surface area contributed by atoms with Gasteiger partial charge in [0.1, 0.15) is 5.66 Å². The molecular weight excluding hydrogens is 404 g/mol. The number of carbonyl (C=O) groups is 2. The van der Waals surface area contributed by atoms with Gasteiger partial charge in [-0.1, -0.05) is 18.0 Å². The zero-order chi connectivity index (χ0) is 20.8. The first kappa shape index (κ1) is 20.1. The summed E-state index contributed by atoms with van der Waals surface area (Å²) in [7, 11) is 0. The SMILES string of the molecule is O=C1NC2(COC3(CCN(C(=O)CN4CCCCC4)CC3)C2)Nc2ccc(Cl)cc21. The molecule has 2 amide bonds. The Morgan fingerprint density at radius 2 is 1.87 bits per heavy atom. The normalized spacial score (nSPS) is 28.3. The van der Waals surface area contributed by atoms with Gasteiger partial charge in [-0.25, -0.2) is 0 Å². The molecule has 1 unspecified atom stereocenters. The van der Waals surface area contributed by atoms with E-state index in [1.54, 1.807) is 12.1 Å². The van der Waals surface area contributed by atoms with E-state index in [2.05, 4.69) is 15.5 Å². The van der Waals surface area contributed by atoms with Crippen molar-refractivity contribution < 1.29 is 14.3 Å². The molecule has 4 aliphatic heterocycles. The van der Waals surface area contributed by atoms with Crippen LogP contribution in [-0.4, -0.2) is 72.2 Å². The van der Waals surface area contributed by atoms with Gasteiger partial charge in [-0.2, -0.15) is 0 Å². The molecule has 2 spiro atoms. The molecule has 7 nitrogen and oxygen atoms in total. The Labute approximate surface area is 182 Å². The number of rotatable bonds is 2. The Kier molecular flexibility index (Phi) is 5.16. The maximum Gasteiger partial charge on any atom is 0.255 e. The molecule has 5 rings (SSSR count). The number of likely N-dealkylation sites (tertiary alicyclic amines) is 2. The zero-order valence-corrected chi connectivity index (χ0v) is 18.0. The average molecular weight is 433 g/mol. The van der Waals surface area contributed by atoms with Crippen molar-refractivity contribution >= 4 is 29.1 Å². The fraction of sp³-hybridized carbons (Fsp3) is 0.636. The summed E-state index contributed by atoms with van der Waals surface area (Å²) in [6.45, 7) is 4.45. The Balaban J connectivity index is 1.21. The van der Waals surface area contributed by atoms with Crippen molar-refractivity contribution in [2.75, 3.05) is 44.6 Å². The molecule has 4 heterocycles. The van der Waals surface area contributed by atoms with E-state index in [1.807, 2.05) is 11.0 Å². The van der Waals surface area contributed by atoms with Crippen LogP contribution in [0.1, 0.15) is 48.9 Å². The number of hydrogen-bond donors (Lipinski definition) is 2. The maximum absolute atomic E-state index is 12.7. The van der Waals surface area contributed by atoms with E-state index >= 15 is 0 Å². The molecule has 0 radical (unpaired) electrons. The third kappa shape index (κ3) is 3.79. The Morgan fingerprint density at radius 3 is 2.63 bits per heavy atom. The van der Waals surface area contributed by atoms with Crippen LogP contribution >= 0.6 is 11.6 Å². The number of nitrogens with zero attached hydrogens (tertiary/aromatic N) is 2. The van der Waals surface area contributed by atoms with Gasteiger partial charge < -0.3 is 20.3 Å². The fourth-order valence-corrected chi connectivity index (χ4v) is 5.54. The second kappa shape index (κ2) is 7.70. The molecule has 1 aromatic rings. The summed E-state index contributed by atoms with van der Waals surface area (Å²) in [4.78, 5) is 29.7. The van der Waals surface area contributed by atoms with Crippen molar-refractivity contribution in [1.82, 2.24) is 15.1 Å². The summed E-state index contributed by atoms with van der Waals surface area (Å²) in [5.74, 6) is 0.107. The van der Waals surface area contributed by atoms with Gasteiger partial charge >= 0.3 is 0 Å². The summed E-state index contributed by atoms with van der Waals surface area (Å²) in [5, 5.41) is 7.14. The molecule has 0 saturated carbocycles. The van der Waals surface area contributed by atoms with Gasteiger partial charge in [0.15, 0.2) is 0 Å². The van der Waals surface area contributed by atoms with Crippen LogP contribution in [0.15, 0.2) is 18.2 Å². The number of piperidine rings is 2. The molecule has 4 aliphatic rings. The molecular formula is C22H29ClN4O3. The molecule has 1 atom stereocenters. The van der Waals surface area contributed by atoms with Gasteiger partial charge in [-0.05, 0) is 57.0 Å². The lowest BCUT2D eigenvalue weighted by atomic mass is 9.84. The molecule has 3 saturated heterocycles. The minimum atomic E-state index is -0.599. The highest BCUT2D eigenvalue weighted by Crippen LogP contribution is 2.43. The Hall–Kier alpha value is -1.83. The number of ether oxygens (including phenoxy) is 1. The maximum atomic E-state index is 12.7. The molecule has 8 heteroatoms. The number of benzene rings is 1. The van der Waals surface area contributed by atoms with Crippen LogP contribution in [0.25, 0.3) is 0 Å². The second-order valence-electron chi connectivity index (χ2n) is 9.22. The molecule has 0 bridgehead atoms. The zero-order valence-electron chi connectivity index (χ0n) is 17.2. The van der Waals surface area contributed by atoms with Crippen molar-refractivity contribution in [3.05, 3.63) is 28.8 Å². The smallest absolute Gasteiger partial charge is 0.255 e. The van der Waals surface area contributed by atoms with E-state index < -0.39 is 5.66 Å². The lowest BCUT2D eigenvalue weighted by Gasteiger charge is -2.41. The topological polar surface area (TPSA) is 73.9 Å². The van der Waals surface area contributed by atoms with Gasteiger partial charge in [-0.15, -0.1) is 0 Å². The Bertz CT molecular complexity index is 849. The van der Waals surface area contributed by atoms with Crippen molar-refractivity contribution in [2.24, 2.45) is 0 Å². The van der Waals surface area contributed by atoms with Gasteiger partial charge in [0.25, 0.3) is 5.91 Å². The number of carbonyl (C=O) groups excluding carboxylic acids is 2. The van der Waals surface area contributed by atoms with E-state index in [1.165, 1.54) is 19.3 Å². The predicted molar refractivity (Wildman–Crippen MR) is 115 cm³/mol. The quantitative estimate of drug-likeness (QED) is 0.751. The van der Waals surface area contributed by atoms with Crippen molar-refractivity contribution in [3.63, 3.8) is 0 Å². The summed E-state index contributed by atoms with van der Waals surface area (Å²) >= 11 is 6.04. The summed E-state index contributed by atoms with van der Waals surface area (Å²) in [6.07, 6.45) is 5.96. The van der Waals surface area contributed by atoms with E-state index in [0.29, 0.717) is 43.2 Å². The lowest BCUT2D eigenvalue weighted by Crippen LogP contribution is -2.59. The van der Waals surface area contributed by atoms with Crippen LogP contribution in [0.4, 0.5) is 5.69 Å². The fourth-order valence-electron chi connectivity index (χ4n) is 5.37. The minimum Gasteiger partial charge on any atom is -0.370 e.